The zero-order valence-electron chi connectivity index (χ0n) is 10.4. The summed E-state index contributed by atoms with van der Waals surface area (Å²) < 4.78 is 28.5. The molecule has 1 aromatic rings. The molecule has 0 radical (unpaired) electrons. The Morgan fingerprint density at radius 2 is 2.17 bits per heavy atom. The number of nitrogens with zero attached hydrogens (tertiary/aromatic N) is 2. The second-order valence-electron chi connectivity index (χ2n) is 3.97. The van der Waals surface area contributed by atoms with Crippen molar-refractivity contribution in [2.75, 3.05) is 5.73 Å². The molecule has 0 aliphatic carbocycles. The predicted octanol–water partition coefficient (Wildman–Crippen LogP) is 1.99. The molecule has 1 aromatic heterocycles. The summed E-state index contributed by atoms with van der Waals surface area (Å²) in [6.45, 7) is 2.66. The zero-order chi connectivity index (χ0) is 13.7. The molecular weight excluding hydrogens is 242 g/mol. The van der Waals surface area contributed by atoms with Crippen LogP contribution in [0.5, 0.6) is 5.75 Å². The van der Waals surface area contributed by atoms with Gasteiger partial charge in [0.25, 0.3) is 0 Å². The van der Waals surface area contributed by atoms with Gasteiger partial charge in [-0.3, -0.25) is 0 Å². The number of hydrogen-bond donors (Lipinski definition) is 2. The minimum atomic E-state index is -2.93. The number of hydrogen-bond acceptors (Lipinski definition) is 5. The van der Waals surface area contributed by atoms with Gasteiger partial charge in [-0.25, -0.2) is 4.98 Å². The largest absolute Gasteiger partial charge is 0.431 e. The first-order valence-corrected chi connectivity index (χ1v) is 5.40. The summed E-state index contributed by atoms with van der Waals surface area (Å²) in [5, 5.41) is 4.09. The van der Waals surface area contributed by atoms with Crippen LogP contribution < -0.4 is 15.9 Å². The first-order chi connectivity index (χ1) is 8.40. The maximum atomic E-state index is 12.1. The number of nitrogens with two attached hydrogens (primary N) is 1. The van der Waals surface area contributed by atoms with Gasteiger partial charge in [-0.15, -0.1) is 0 Å². The van der Waals surface area contributed by atoms with E-state index < -0.39 is 6.61 Å². The molecule has 0 aliphatic rings. The molecular formula is C11H16F2N4O. The Morgan fingerprint density at radius 1 is 1.50 bits per heavy atom. The van der Waals surface area contributed by atoms with Crippen LogP contribution in [0, 0.1) is 0 Å². The summed E-state index contributed by atoms with van der Waals surface area (Å²) in [5.74, 6) is -0.231. The molecule has 18 heavy (non-hydrogen) atoms. The van der Waals surface area contributed by atoms with Gasteiger partial charge in [-0.1, -0.05) is 0 Å². The molecule has 0 unspecified atom stereocenters. The summed E-state index contributed by atoms with van der Waals surface area (Å²) in [6, 6.07) is 1.56. The van der Waals surface area contributed by atoms with Crippen molar-refractivity contribution < 1.29 is 13.5 Å². The Bertz CT molecular complexity index is 435. The van der Waals surface area contributed by atoms with E-state index in [1.165, 1.54) is 12.3 Å². The van der Waals surface area contributed by atoms with Crippen LogP contribution >= 0.6 is 0 Å². The minimum Gasteiger partial charge on any atom is -0.431 e. The van der Waals surface area contributed by atoms with Crippen molar-refractivity contribution in [3.05, 3.63) is 17.8 Å². The van der Waals surface area contributed by atoms with Gasteiger partial charge in [-0.2, -0.15) is 13.9 Å². The second kappa shape index (κ2) is 6.13. The summed E-state index contributed by atoms with van der Waals surface area (Å²) in [5.41, 5.74) is 9.46. The standard InChI is InChI=1S/C11H16F2N4O/c1-6(2)16-17-7(3)8-4-9(18-11(12)13)10(14)15-5-8/h4-6,11,16H,1-3H3,(H2,14,15)/b17-7+. The molecule has 1 heterocycles. The summed E-state index contributed by atoms with van der Waals surface area (Å²) >= 11 is 0. The Balaban J connectivity index is 2.93. The fourth-order valence-electron chi connectivity index (χ4n) is 1.13. The number of hydrazone groups is 1. The molecule has 0 fully saturated rings. The normalized spacial score (nSPS) is 12.1. The minimum absolute atomic E-state index is 0.0799. The Kier molecular flexibility index (Phi) is 4.82. The Morgan fingerprint density at radius 3 is 2.72 bits per heavy atom. The molecule has 0 atom stereocenters. The molecule has 0 saturated heterocycles. The van der Waals surface area contributed by atoms with E-state index in [1.54, 1.807) is 6.92 Å². The van der Waals surface area contributed by atoms with Crippen molar-refractivity contribution in [1.29, 1.82) is 0 Å². The highest BCUT2D eigenvalue weighted by molar-refractivity contribution is 5.98. The summed E-state index contributed by atoms with van der Waals surface area (Å²) in [7, 11) is 0. The lowest BCUT2D eigenvalue weighted by Gasteiger charge is -2.09. The zero-order valence-corrected chi connectivity index (χ0v) is 10.4. The highest BCUT2D eigenvalue weighted by atomic mass is 19.3. The van der Waals surface area contributed by atoms with E-state index in [0.29, 0.717) is 11.3 Å². The van der Waals surface area contributed by atoms with E-state index in [9.17, 15) is 8.78 Å². The third-order valence-electron chi connectivity index (χ3n) is 2.01. The maximum Gasteiger partial charge on any atom is 0.387 e. The van der Waals surface area contributed by atoms with Gasteiger partial charge < -0.3 is 15.9 Å². The van der Waals surface area contributed by atoms with E-state index >= 15 is 0 Å². The molecule has 0 bridgehead atoms. The van der Waals surface area contributed by atoms with Crippen LogP contribution in [-0.2, 0) is 0 Å². The molecule has 0 spiro atoms. The van der Waals surface area contributed by atoms with E-state index in [0.717, 1.165) is 0 Å². The average Bonchev–Trinajstić information content (AvgIpc) is 2.28. The van der Waals surface area contributed by atoms with Crippen LogP contribution in [0.2, 0.25) is 0 Å². The van der Waals surface area contributed by atoms with Crippen molar-refractivity contribution in [1.82, 2.24) is 10.4 Å². The van der Waals surface area contributed by atoms with Crippen molar-refractivity contribution in [2.24, 2.45) is 5.10 Å². The summed E-state index contributed by atoms with van der Waals surface area (Å²) in [6.07, 6.45) is 1.45. The molecule has 0 aromatic carbocycles. The fraction of sp³-hybridized carbons (Fsp3) is 0.455. The number of ether oxygens (including phenoxy) is 1. The quantitative estimate of drug-likeness (QED) is 0.625. The molecule has 1 rings (SSSR count). The fourth-order valence-corrected chi connectivity index (χ4v) is 1.13. The lowest BCUT2D eigenvalue weighted by Crippen LogP contribution is -2.18. The number of nitrogen functional groups attached to an aromatic ring is 1. The number of pyridine rings is 1. The predicted molar refractivity (Wildman–Crippen MR) is 65.8 cm³/mol. The number of aromatic nitrogens is 1. The number of alkyl halides is 2. The Hall–Kier alpha value is -1.92. The highest BCUT2D eigenvalue weighted by Gasteiger charge is 2.11. The molecule has 5 nitrogen and oxygen atoms in total. The lowest BCUT2D eigenvalue weighted by atomic mass is 10.2. The van der Waals surface area contributed by atoms with Gasteiger partial charge in [0.1, 0.15) is 0 Å². The maximum absolute atomic E-state index is 12.1. The number of halogens is 2. The third kappa shape index (κ3) is 4.15. The van der Waals surface area contributed by atoms with E-state index in [1.807, 2.05) is 13.8 Å². The first-order valence-electron chi connectivity index (χ1n) is 5.40. The van der Waals surface area contributed by atoms with Crippen LogP contribution in [0.25, 0.3) is 0 Å². The van der Waals surface area contributed by atoms with Crippen molar-refractivity contribution in [3.8, 4) is 5.75 Å². The number of rotatable bonds is 5. The van der Waals surface area contributed by atoms with Gasteiger partial charge in [0.15, 0.2) is 11.6 Å². The molecule has 0 amide bonds. The van der Waals surface area contributed by atoms with Gasteiger partial charge in [0, 0.05) is 17.8 Å². The monoisotopic (exact) mass is 258 g/mol. The van der Waals surface area contributed by atoms with Gasteiger partial charge >= 0.3 is 6.61 Å². The van der Waals surface area contributed by atoms with Crippen molar-refractivity contribution in [3.63, 3.8) is 0 Å². The van der Waals surface area contributed by atoms with E-state index in [2.05, 4.69) is 20.2 Å². The molecule has 3 N–H and O–H groups in total. The first kappa shape index (κ1) is 14.1. The highest BCUT2D eigenvalue weighted by Crippen LogP contribution is 2.22. The molecule has 100 valence electrons. The van der Waals surface area contributed by atoms with Crippen molar-refractivity contribution in [2.45, 2.75) is 33.4 Å². The third-order valence-corrected chi connectivity index (χ3v) is 2.01. The Labute approximate surface area is 104 Å². The topological polar surface area (TPSA) is 72.5 Å². The van der Waals surface area contributed by atoms with E-state index in [-0.39, 0.29) is 17.6 Å². The smallest absolute Gasteiger partial charge is 0.387 e. The lowest BCUT2D eigenvalue weighted by molar-refractivity contribution is -0.0495. The molecule has 0 saturated carbocycles. The average molecular weight is 258 g/mol. The van der Waals surface area contributed by atoms with Gasteiger partial charge in [0.05, 0.1) is 5.71 Å². The molecule has 7 heteroatoms. The molecule has 0 aliphatic heterocycles. The SMILES string of the molecule is C/C(=N\NC(C)C)c1cnc(N)c(OC(F)F)c1. The number of anilines is 1. The van der Waals surface area contributed by atoms with Crippen LogP contribution in [0.4, 0.5) is 14.6 Å². The van der Waals surface area contributed by atoms with Crippen LogP contribution in [0.3, 0.4) is 0 Å². The number of nitrogens with one attached hydrogen (secondary N) is 1. The van der Waals surface area contributed by atoms with Crippen molar-refractivity contribution >= 4 is 11.5 Å². The van der Waals surface area contributed by atoms with Crippen LogP contribution in [-0.4, -0.2) is 23.3 Å². The van der Waals surface area contributed by atoms with Gasteiger partial charge in [0.2, 0.25) is 0 Å². The van der Waals surface area contributed by atoms with E-state index in [4.69, 9.17) is 5.73 Å². The second-order valence-corrected chi connectivity index (χ2v) is 3.97. The van der Waals surface area contributed by atoms with Crippen LogP contribution in [0.15, 0.2) is 17.4 Å². The summed E-state index contributed by atoms with van der Waals surface area (Å²) in [4.78, 5) is 3.79. The van der Waals surface area contributed by atoms with Crippen LogP contribution in [0.1, 0.15) is 26.3 Å². The van der Waals surface area contributed by atoms with Gasteiger partial charge in [-0.05, 0) is 26.8 Å².